The van der Waals surface area contributed by atoms with E-state index in [1.54, 1.807) is 0 Å². The summed E-state index contributed by atoms with van der Waals surface area (Å²) >= 11 is 0. The topological polar surface area (TPSA) is 83.2 Å². The molecule has 2 amide bonds. The van der Waals surface area contributed by atoms with Crippen molar-refractivity contribution >= 4 is 11.8 Å². The molecule has 4 rings (SSSR count). The summed E-state index contributed by atoms with van der Waals surface area (Å²) in [6, 6.07) is 1.67. The van der Waals surface area contributed by atoms with Gasteiger partial charge in [0.2, 0.25) is 5.91 Å². The van der Waals surface area contributed by atoms with Gasteiger partial charge in [0.05, 0.1) is 23.8 Å². The first-order valence-electron chi connectivity index (χ1n) is 8.61. The van der Waals surface area contributed by atoms with Gasteiger partial charge in [-0.2, -0.15) is 0 Å². The lowest BCUT2D eigenvalue weighted by Crippen LogP contribution is -2.60. The predicted molar refractivity (Wildman–Crippen MR) is 84.2 cm³/mol. The number of rotatable bonds is 4. The van der Waals surface area contributed by atoms with Crippen LogP contribution in [0.25, 0.3) is 0 Å². The van der Waals surface area contributed by atoms with Crippen LogP contribution in [0.1, 0.15) is 60.5 Å². The summed E-state index contributed by atoms with van der Waals surface area (Å²) < 4.78 is 5.74. The monoisotopic (exact) mass is 317 g/mol. The third-order valence-electron chi connectivity index (χ3n) is 5.13. The lowest BCUT2D eigenvalue weighted by Gasteiger charge is -2.36. The number of nitrogens with one attached hydrogen (secondary N) is 3. The minimum atomic E-state index is -0.119. The number of H-pyrrole nitrogens is 1. The summed E-state index contributed by atoms with van der Waals surface area (Å²) in [5.41, 5.74) is 1.80. The number of hydrogen-bond donors (Lipinski definition) is 3. The summed E-state index contributed by atoms with van der Waals surface area (Å²) in [5, 5.41) is 6.16. The zero-order valence-corrected chi connectivity index (χ0v) is 13.1. The lowest BCUT2D eigenvalue weighted by molar-refractivity contribution is -0.125. The van der Waals surface area contributed by atoms with Crippen LogP contribution in [-0.2, 0) is 9.53 Å². The number of aromatic nitrogens is 1. The molecule has 3 N–H and O–H groups in total. The summed E-state index contributed by atoms with van der Waals surface area (Å²) in [4.78, 5) is 27.6. The molecule has 0 radical (unpaired) electrons. The van der Waals surface area contributed by atoms with Gasteiger partial charge in [-0.25, -0.2) is 0 Å². The Labute approximate surface area is 135 Å². The number of carbonyl (C=O) groups is 2. The van der Waals surface area contributed by atoms with Crippen molar-refractivity contribution in [3.8, 4) is 0 Å². The highest BCUT2D eigenvalue weighted by Gasteiger charge is 2.38. The molecule has 1 unspecified atom stereocenters. The molecule has 2 saturated heterocycles. The molecule has 3 heterocycles. The predicted octanol–water partition coefficient (Wildman–Crippen LogP) is 1.45. The van der Waals surface area contributed by atoms with Crippen molar-refractivity contribution < 1.29 is 14.3 Å². The second-order valence-corrected chi connectivity index (χ2v) is 6.84. The normalized spacial score (nSPS) is 31.0. The summed E-state index contributed by atoms with van der Waals surface area (Å²) in [5.74, 6) is 0.513. The lowest BCUT2D eigenvalue weighted by atomic mass is 9.92. The molecule has 3 atom stereocenters. The third kappa shape index (κ3) is 3.00. The Morgan fingerprint density at radius 1 is 1.26 bits per heavy atom. The van der Waals surface area contributed by atoms with E-state index < -0.39 is 0 Å². The zero-order valence-electron chi connectivity index (χ0n) is 13.1. The fourth-order valence-corrected chi connectivity index (χ4v) is 3.76. The van der Waals surface area contributed by atoms with E-state index in [1.807, 2.05) is 12.3 Å². The van der Waals surface area contributed by atoms with E-state index in [0.717, 1.165) is 43.5 Å². The van der Waals surface area contributed by atoms with Gasteiger partial charge < -0.3 is 20.4 Å². The van der Waals surface area contributed by atoms with Crippen molar-refractivity contribution in [1.29, 1.82) is 0 Å². The minimum absolute atomic E-state index is 0.0127. The molecule has 1 aromatic rings. The van der Waals surface area contributed by atoms with Gasteiger partial charge in [-0.05, 0) is 44.1 Å². The summed E-state index contributed by atoms with van der Waals surface area (Å²) in [7, 11) is 0. The maximum atomic E-state index is 12.7. The van der Waals surface area contributed by atoms with Gasteiger partial charge in [-0.15, -0.1) is 0 Å². The highest BCUT2D eigenvalue weighted by atomic mass is 16.5. The third-order valence-corrected chi connectivity index (χ3v) is 5.13. The zero-order chi connectivity index (χ0) is 15.8. The second-order valence-electron chi connectivity index (χ2n) is 6.84. The van der Waals surface area contributed by atoms with Crippen LogP contribution in [0.15, 0.2) is 12.3 Å². The number of ether oxygens (including phenoxy) is 1. The van der Waals surface area contributed by atoms with Crippen molar-refractivity contribution in [3.63, 3.8) is 0 Å². The van der Waals surface area contributed by atoms with E-state index >= 15 is 0 Å². The van der Waals surface area contributed by atoms with Gasteiger partial charge in [0.25, 0.3) is 5.91 Å². The molecule has 2 aliphatic heterocycles. The second kappa shape index (κ2) is 6.00. The van der Waals surface area contributed by atoms with Crippen LogP contribution in [0.2, 0.25) is 0 Å². The minimum Gasteiger partial charge on any atom is -0.376 e. The van der Waals surface area contributed by atoms with E-state index in [4.69, 9.17) is 4.74 Å². The average molecular weight is 317 g/mol. The van der Waals surface area contributed by atoms with E-state index in [1.165, 1.54) is 0 Å². The summed E-state index contributed by atoms with van der Waals surface area (Å²) in [6.07, 6.45) is 7.23. The van der Waals surface area contributed by atoms with Crippen LogP contribution in [0.4, 0.5) is 0 Å². The Bertz CT molecular complexity index is 602. The van der Waals surface area contributed by atoms with Gasteiger partial charge in [-0.1, -0.05) is 0 Å². The molecule has 0 spiro atoms. The molecule has 1 aromatic heterocycles. The van der Waals surface area contributed by atoms with Crippen molar-refractivity contribution in [2.24, 2.45) is 0 Å². The van der Waals surface area contributed by atoms with E-state index in [-0.39, 0.29) is 30.0 Å². The molecule has 1 aliphatic carbocycles. The average Bonchev–Trinajstić information content (AvgIpc) is 3.04. The Balaban J connectivity index is 1.47. The van der Waals surface area contributed by atoms with Crippen LogP contribution in [-0.4, -0.2) is 41.6 Å². The number of aromatic amines is 1. The van der Waals surface area contributed by atoms with Crippen molar-refractivity contribution in [1.82, 2.24) is 15.6 Å². The SMILES string of the molecule is O=C1CC[C@H](NC(=O)c2cc[nH]c2C2CC2)[C@@H](C2CCCO2)N1. The number of carbonyl (C=O) groups excluding carboxylic acids is 2. The first kappa shape index (κ1) is 14.8. The molecule has 124 valence electrons. The first-order chi connectivity index (χ1) is 11.2. The van der Waals surface area contributed by atoms with E-state index in [2.05, 4.69) is 15.6 Å². The molecule has 6 heteroatoms. The van der Waals surface area contributed by atoms with Gasteiger partial charge in [-0.3, -0.25) is 9.59 Å². The highest BCUT2D eigenvalue weighted by Crippen LogP contribution is 2.40. The molecule has 0 bridgehead atoms. The maximum Gasteiger partial charge on any atom is 0.253 e. The Morgan fingerprint density at radius 2 is 2.13 bits per heavy atom. The van der Waals surface area contributed by atoms with Crippen LogP contribution < -0.4 is 10.6 Å². The Hall–Kier alpha value is -1.82. The fraction of sp³-hybridized carbons (Fsp3) is 0.647. The molecular formula is C17H23N3O3. The largest absolute Gasteiger partial charge is 0.376 e. The van der Waals surface area contributed by atoms with E-state index in [9.17, 15) is 9.59 Å². The smallest absolute Gasteiger partial charge is 0.253 e. The fourth-order valence-electron chi connectivity index (χ4n) is 3.76. The van der Waals surface area contributed by atoms with Crippen molar-refractivity contribution in [3.05, 3.63) is 23.5 Å². The van der Waals surface area contributed by atoms with Gasteiger partial charge in [0, 0.05) is 24.9 Å². The van der Waals surface area contributed by atoms with Gasteiger partial charge >= 0.3 is 0 Å². The number of amides is 2. The Kier molecular flexibility index (Phi) is 3.85. The quantitative estimate of drug-likeness (QED) is 0.786. The van der Waals surface area contributed by atoms with Crippen molar-refractivity contribution in [2.45, 2.75) is 62.6 Å². The molecule has 1 saturated carbocycles. The Morgan fingerprint density at radius 3 is 2.87 bits per heavy atom. The van der Waals surface area contributed by atoms with Gasteiger partial charge in [0.1, 0.15) is 0 Å². The molecular weight excluding hydrogens is 294 g/mol. The number of hydrogen-bond acceptors (Lipinski definition) is 3. The van der Waals surface area contributed by atoms with Crippen LogP contribution in [0, 0.1) is 0 Å². The maximum absolute atomic E-state index is 12.7. The molecule has 6 nitrogen and oxygen atoms in total. The molecule has 0 aromatic carbocycles. The van der Waals surface area contributed by atoms with Crippen LogP contribution >= 0.6 is 0 Å². The highest BCUT2D eigenvalue weighted by molar-refractivity contribution is 5.96. The standard InChI is InChI=1S/C17H23N3O3/c21-14-6-5-12(16(20-14)13-2-1-9-23-13)19-17(22)11-7-8-18-15(11)10-3-4-10/h7-8,10,12-13,16,18H,1-6,9H2,(H,19,22)(H,20,21)/t12-,13?,16-/m0/s1. The molecule has 3 aliphatic rings. The van der Waals surface area contributed by atoms with Crippen LogP contribution in [0.5, 0.6) is 0 Å². The number of piperidine rings is 1. The van der Waals surface area contributed by atoms with E-state index in [0.29, 0.717) is 18.8 Å². The molecule has 3 fully saturated rings. The summed E-state index contributed by atoms with van der Waals surface area (Å²) in [6.45, 7) is 0.737. The van der Waals surface area contributed by atoms with Gasteiger partial charge in [0.15, 0.2) is 0 Å². The van der Waals surface area contributed by atoms with Crippen molar-refractivity contribution in [2.75, 3.05) is 6.61 Å². The molecule has 23 heavy (non-hydrogen) atoms. The first-order valence-corrected chi connectivity index (χ1v) is 8.61. The van der Waals surface area contributed by atoms with Crippen LogP contribution in [0.3, 0.4) is 0 Å².